The minimum atomic E-state index is -4.95. The van der Waals surface area contributed by atoms with Gasteiger partial charge in [-0.15, -0.1) is 0 Å². The zero-order chi connectivity index (χ0) is 83.6. The van der Waals surface area contributed by atoms with E-state index in [0.29, 0.717) is 19.3 Å². The van der Waals surface area contributed by atoms with Gasteiger partial charge in [0, 0.05) is 19.3 Å². The molecule has 16 nitrogen and oxygen atoms in total. The summed E-state index contributed by atoms with van der Waals surface area (Å²) in [6.45, 7) is 2.55. The minimum Gasteiger partial charge on any atom is -0.463 e. The van der Waals surface area contributed by atoms with Crippen molar-refractivity contribution in [1.29, 1.82) is 0 Å². The van der Waals surface area contributed by atoms with Crippen LogP contribution in [-0.4, -0.2) is 95.9 Å². The second-order valence-electron chi connectivity index (χ2n) is 30.7. The summed E-state index contributed by atoms with van der Waals surface area (Å²) in [7, 11) is -9.81. The maximum atomic E-state index is 13.1. The Morgan fingerprint density at radius 3 is 0.730 bits per heavy atom. The Morgan fingerprint density at radius 1 is 0.252 bits per heavy atom. The van der Waals surface area contributed by atoms with Gasteiger partial charge in [-0.3, -0.25) is 32.5 Å². The third kappa shape index (κ3) is 90.0. The maximum Gasteiger partial charge on any atom is 0.472 e. The summed E-state index contributed by atoms with van der Waals surface area (Å²) in [6, 6.07) is 0. The lowest BCUT2D eigenvalue weighted by molar-refractivity contribution is -0.161. The molecule has 18 heteroatoms. The predicted octanol–water partition coefficient (Wildman–Crippen LogP) is 28.3. The van der Waals surface area contributed by atoms with E-state index in [1.165, 1.54) is 180 Å². The first-order chi connectivity index (χ1) is 56.2. The van der Waals surface area contributed by atoms with Gasteiger partial charge in [-0.05, 0) is 148 Å². The van der Waals surface area contributed by atoms with Crippen LogP contribution in [0.5, 0.6) is 0 Å². The van der Waals surface area contributed by atoms with Crippen molar-refractivity contribution >= 4 is 33.6 Å². The molecule has 5 unspecified atom stereocenters. The molecule has 0 aromatic rings. The molecule has 0 fully saturated rings. The van der Waals surface area contributed by atoms with Crippen molar-refractivity contribution < 1.29 is 75.8 Å². The Morgan fingerprint density at radius 2 is 0.461 bits per heavy atom. The largest absolute Gasteiger partial charge is 0.472 e. The number of carbonyl (C=O) groups excluding carboxylic acids is 3. The van der Waals surface area contributed by atoms with Gasteiger partial charge in [-0.25, -0.2) is 9.13 Å². The molecule has 0 heterocycles. The zero-order valence-electron chi connectivity index (χ0n) is 72.9. The van der Waals surface area contributed by atoms with Crippen molar-refractivity contribution in [2.75, 3.05) is 39.6 Å². The van der Waals surface area contributed by atoms with Crippen LogP contribution in [0.2, 0.25) is 0 Å². The number of hydrogen-bond acceptors (Lipinski definition) is 14. The van der Waals surface area contributed by atoms with Gasteiger partial charge in [0.25, 0.3) is 0 Å². The Balaban J connectivity index is 4.56. The number of carbonyl (C=O) groups is 3. The monoisotopic (exact) mass is 1650 g/mol. The summed E-state index contributed by atoms with van der Waals surface area (Å²) >= 11 is 0. The number of esters is 3. The van der Waals surface area contributed by atoms with Crippen LogP contribution in [0.3, 0.4) is 0 Å². The molecular formula is C97H168O16P2. The van der Waals surface area contributed by atoms with Crippen molar-refractivity contribution in [2.45, 2.75) is 411 Å². The lowest BCUT2D eigenvalue weighted by Gasteiger charge is -2.21. The second kappa shape index (κ2) is 88.7. The second-order valence-corrected chi connectivity index (χ2v) is 33.6. The van der Waals surface area contributed by atoms with Gasteiger partial charge in [0.2, 0.25) is 0 Å². The number of phosphoric acid groups is 2. The minimum absolute atomic E-state index is 0.0858. The lowest BCUT2D eigenvalue weighted by atomic mass is 10.0. The normalized spacial score (nSPS) is 14.5. The van der Waals surface area contributed by atoms with E-state index in [1.54, 1.807) is 0 Å². The van der Waals surface area contributed by atoms with Gasteiger partial charge in [0.05, 0.1) is 26.4 Å². The first-order valence-electron chi connectivity index (χ1n) is 46.1. The molecule has 0 aliphatic carbocycles. The molecule has 115 heavy (non-hydrogen) atoms. The lowest BCUT2D eigenvalue weighted by Crippen LogP contribution is -2.30. The fourth-order valence-corrected chi connectivity index (χ4v) is 14.1. The fourth-order valence-electron chi connectivity index (χ4n) is 12.5. The molecule has 0 radical (unpaired) electrons. The van der Waals surface area contributed by atoms with Crippen molar-refractivity contribution in [2.24, 2.45) is 0 Å². The van der Waals surface area contributed by atoms with E-state index < -0.39 is 91.5 Å². The predicted molar refractivity (Wildman–Crippen MR) is 482 cm³/mol. The number of phosphoric ester groups is 2. The van der Waals surface area contributed by atoms with E-state index >= 15 is 0 Å². The molecule has 0 saturated carbocycles. The summed E-state index contributed by atoms with van der Waals surface area (Å²) < 4.78 is 61.5. The molecule has 0 aromatic carbocycles. The van der Waals surface area contributed by atoms with Crippen molar-refractivity contribution in [3.63, 3.8) is 0 Å². The first-order valence-corrected chi connectivity index (χ1v) is 49.1. The molecular weight excluding hydrogens is 1480 g/mol. The van der Waals surface area contributed by atoms with Gasteiger partial charge < -0.3 is 34.2 Å². The summed E-state index contributed by atoms with van der Waals surface area (Å²) in [5.41, 5.74) is 0. The Labute approximate surface area is 702 Å². The summed E-state index contributed by atoms with van der Waals surface area (Å²) in [4.78, 5) is 59.0. The maximum absolute atomic E-state index is 13.1. The van der Waals surface area contributed by atoms with E-state index in [9.17, 15) is 43.5 Å². The highest BCUT2D eigenvalue weighted by atomic mass is 31.2. The molecule has 0 rings (SSSR count). The molecule has 0 spiro atoms. The quantitative estimate of drug-likeness (QED) is 0.0146. The van der Waals surface area contributed by atoms with Crippen molar-refractivity contribution in [3.05, 3.63) is 146 Å². The third-order valence-electron chi connectivity index (χ3n) is 19.5. The van der Waals surface area contributed by atoms with Crippen LogP contribution in [0.25, 0.3) is 0 Å². The number of allylic oxidation sites excluding steroid dienone is 24. The molecule has 0 aliphatic rings. The van der Waals surface area contributed by atoms with E-state index in [0.717, 1.165) is 154 Å². The first kappa shape index (κ1) is 110. The van der Waals surface area contributed by atoms with Crippen LogP contribution >= 0.6 is 15.6 Å². The van der Waals surface area contributed by atoms with Crippen LogP contribution in [0.1, 0.15) is 393 Å². The molecule has 0 amide bonds. The van der Waals surface area contributed by atoms with E-state index in [4.69, 9.17) is 32.3 Å². The summed E-state index contributed by atoms with van der Waals surface area (Å²) in [6.07, 6.45) is 112. The highest BCUT2D eigenvalue weighted by molar-refractivity contribution is 7.47. The molecule has 0 aromatic heterocycles. The van der Waals surface area contributed by atoms with Gasteiger partial charge in [-0.2, -0.15) is 0 Å². The van der Waals surface area contributed by atoms with E-state index in [2.05, 4.69) is 167 Å². The van der Waals surface area contributed by atoms with Gasteiger partial charge >= 0.3 is 33.6 Å². The topological polar surface area (TPSA) is 231 Å². The standard InChI is InChI=1S/C97H168O16P2/c1-4-7-10-13-16-19-22-25-28-31-34-36-38-40-42-44-45-47-49-50-52-54-57-59-62-65-68-71-74-77-80-83-95(100)107-86-92(98)87-109-114(103,104)110-88-93(99)89-111-115(105,106)112-91-94(113-97(102)85-82-79-76-73-70-67-64-61-56-33-30-27-24-21-18-15-12-9-6-3)90-108-96(101)84-81-78-75-72-69-66-63-60-58-55-53-51-48-46-43-41-39-37-35-32-29-26-23-20-17-14-11-8-5-2/h9,12,16-21,25-30,34-37,40-43,56,61,92-94,98-99H,4-8,10-11,13-15,22-24,31-33,38-39,44-55,57-60,62-91H2,1-3H3,(H,103,104)(H,105,106)/b12-9-,19-16-,20-17-,21-18-,28-25-,29-26-,30-27-,36-34-,37-35-,42-40-,43-41-,61-56-. The Hall–Kier alpha value is -4.57. The molecule has 4 N–H and O–H groups in total. The SMILES string of the molecule is CC/C=C\C/C=C\C/C=C\C/C=C\CCCCCCCCC(=O)OC(COC(=O)CCCCCCCCCCCCCCC/C=C\C/C=C\C/C=C\C/C=C\CCCCC)COP(=O)(O)OCC(O)COP(=O)(O)OCC(O)COC(=O)CCCCCCCCCCCCCCCCC/C=C\C/C=C\C/C=C\C/C=C\CCCCC. The Kier molecular flexibility index (Phi) is 85.2. The highest BCUT2D eigenvalue weighted by Crippen LogP contribution is 2.45. The van der Waals surface area contributed by atoms with Crippen LogP contribution in [-0.2, 0) is 55.8 Å². The third-order valence-corrected chi connectivity index (χ3v) is 21.4. The smallest absolute Gasteiger partial charge is 0.463 e. The zero-order valence-corrected chi connectivity index (χ0v) is 74.7. The highest BCUT2D eigenvalue weighted by Gasteiger charge is 2.29. The average molecular weight is 1650 g/mol. The van der Waals surface area contributed by atoms with Crippen LogP contribution in [0.15, 0.2) is 146 Å². The molecule has 0 saturated heterocycles. The number of unbranched alkanes of at least 4 members (excludes halogenated alkanes) is 40. The number of aliphatic hydroxyl groups excluding tert-OH is 2. The number of aliphatic hydroxyl groups is 2. The molecule has 5 atom stereocenters. The van der Waals surface area contributed by atoms with Gasteiger partial charge in [0.15, 0.2) is 6.10 Å². The molecule has 662 valence electrons. The van der Waals surface area contributed by atoms with Gasteiger partial charge in [0.1, 0.15) is 25.4 Å². The van der Waals surface area contributed by atoms with Crippen LogP contribution < -0.4 is 0 Å². The van der Waals surface area contributed by atoms with Gasteiger partial charge in [-0.1, -0.05) is 372 Å². The number of rotatable bonds is 87. The number of hydrogen-bond donors (Lipinski definition) is 4. The van der Waals surface area contributed by atoms with Crippen LogP contribution in [0.4, 0.5) is 0 Å². The van der Waals surface area contributed by atoms with E-state index in [1.807, 2.05) is 0 Å². The van der Waals surface area contributed by atoms with Crippen molar-refractivity contribution in [3.8, 4) is 0 Å². The van der Waals surface area contributed by atoms with E-state index in [-0.39, 0.29) is 19.3 Å². The average Bonchev–Trinajstić information content (AvgIpc) is 0.890. The Bertz CT molecular complexity index is 2670. The molecule has 0 aliphatic heterocycles. The number of ether oxygens (including phenoxy) is 3. The fraction of sp³-hybridized carbons (Fsp3) is 0.722. The summed E-state index contributed by atoms with van der Waals surface area (Å²) in [5, 5.41) is 20.7. The van der Waals surface area contributed by atoms with Crippen LogP contribution in [0, 0.1) is 0 Å². The molecule has 0 bridgehead atoms. The summed E-state index contributed by atoms with van der Waals surface area (Å²) in [5.74, 6) is -1.58. The van der Waals surface area contributed by atoms with Crippen molar-refractivity contribution in [1.82, 2.24) is 0 Å².